The highest BCUT2D eigenvalue weighted by molar-refractivity contribution is 5.93. The molecular weight excluding hydrogens is 302 g/mol. The number of ether oxygens (including phenoxy) is 2. The Morgan fingerprint density at radius 2 is 2.00 bits per heavy atom. The molecule has 0 spiro atoms. The van der Waals surface area contributed by atoms with E-state index < -0.39 is 24.6 Å². The number of amides is 2. The van der Waals surface area contributed by atoms with Crippen molar-refractivity contribution < 1.29 is 28.3 Å². The molecule has 0 bridgehead atoms. The van der Waals surface area contributed by atoms with E-state index in [0.717, 1.165) is 10.9 Å². The number of hydrogen-bond donors (Lipinski definition) is 1. The highest BCUT2D eigenvalue weighted by atomic mass is 16.6. The number of carbonyl (C=O) groups is 3. The molecule has 0 saturated carbocycles. The normalized spacial score (nSPS) is 10.3. The largest absolute Gasteiger partial charge is 0.464 e. The van der Waals surface area contributed by atoms with Crippen LogP contribution in [0.3, 0.4) is 0 Å². The van der Waals surface area contributed by atoms with Gasteiger partial charge in [0.2, 0.25) is 0 Å². The van der Waals surface area contributed by atoms with Crippen molar-refractivity contribution in [3.63, 3.8) is 0 Å². The van der Waals surface area contributed by atoms with Crippen molar-refractivity contribution in [1.82, 2.24) is 5.32 Å². The van der Waals surface area contributed by atoms with Crippen molar-refractivity contribution in [1.29, 1.82) is 0 Å². The maximum absolute atomic E-state index is 11.8. The van der Waals surface area contributed by atoms with Gasteiger partial charge in [-0.15, -0.1) is 0 Å². The summed E-state index contributed by atoms with van der Waals surface area (Å²) in [6, 6.07) is 5.65. The van der Waals surface area contributed by atoms with Gasteiger partial charge in [-0.3, -0.25) is 14.9 Å². The van der Waals surface area contributed by atoms with Crippen LogP contribution in [0, 0.1) is 6.92 Å². The third kappa shape index (κ3) is 4.57. The number of carbonyl (C=O) groups excluding carboxylic acids is 3. The number of nitrogens with one attached hydrogen (secondary N) is 1. The van der Waals surface area contributed by atoms with Crippen LogP contribution in [0.25, 0.3) is 11.0 Å². The Hall–Kier alpha value is -2.83. The van der Waals surface area contributed by atoms with Crippen molar-refractivity contribution in [3.8, 4) is 0 Å². The number of esters is 1. The minimum Gasteiger partial charge on any atom is -0.464 e. The third-order valence-corrected chi connectivity index (χ3v) is 3.03. The average molecular weight is 319 g/mol. The molecule has 0 aliphatic carbocycles. The molecule has 122 valence electrons. The van der Waals surface area contributed by atoms with Crippen LogP contribution in [-0.2, 0) is 25.5 Å². The molecule has 0 saturated heterocycles. The molecule has 2 rings (SSSR count). The summed E-state index contributed by atoms with van der Waals surface area (Å²) in [5, 5.41) is 2.76. The minimum atomic E-state index is -0.871. The lowest BCUT2D eigenvalue weighted by Crippen LogP contribution is -2.34. The molecule has 0 unspecified atom stereocenters. The third-order valence-electron chi connectivity index (χ3n) is 3.03. The predicted molar refractivity (Wildman–Crippen MR) is 80.8 cm³/mol. The van der Waals surface area contributed by atoms with Crippen LogP contribution >= 0.6 is 0 Å². The van der Waals surface area contributed by atoms with E-state index in [0.29, 0.717) is 11.1 Å². The van der Waals surface area contributed by atoms with E-state index in [2.05, 4.69) is 4.74 Å². The molecule has 0 atom stereocenters. The van der Waals surface area contributed by atoms with Crippen molar-refractivity contribution in [2.45, 2.75) is 20.3 Å². The number of rotatable bonds is 5. The lowest BCUT2D eigenvalue weighted by molar-refractivity contribution is -0.147. The number of fused-ring (bicyclic) bond motifs is 1. The second-order valence-electron chi connectivity index (χ2n) is 4.87. The zero-order valence-electron chi connectivity index (χ0n) is 12.9. The van der Waals surface area contributed by atoms with Gasteiger partial charge in [0.15, 0.2) is 6.61 Å². The standard InChI is InChI=1S/C16H17NO6/c1-3-21-16(20)17-14(18)9-23-15(19)7-11-8-22-13-6-10(2)4-5-12(11)13/h4-6,8H,3,7,9H2,1-2H3,(H,17,18,20). The second-order valence-corrected chi connectivity index (χ2v) is 4.87. The number of imide groups is 1. The Bertz CT molecular complexity index is 733. The molecular formula is C16H17NO6. The molecule has 1 N–H and O–H groups in total. The lowest BCUT2D eigenvalue weighted by atomic mass is 10.1. The summed E-state index contributed by atoms with van der Waals surface area (Å²) in [6.07, 6.45) is 0.594. The fraction of sp³-hybridized carbons (Fsp3) is 0.312. The van der Waals surface area contributed by atoms with Crippen LogP contribution < -0.4 is 5.32 Å². The molecule has 1 aromatic heterocycles. The smallest absolute Gasteiger partial charge is 0.413 e. The predicted octanol–water partition coefficient (Wildman–Crippen LogP) is 2.10. The number of alkyl carbamates (subject to hydrolysis) is 1. The SMILES string of the molecule is CCOC(=O)NC(=O)COC(=O)Cc1coc2cc(C)ccc12. The summed E-state index contributed by atoms with van der Waals surface area (Å²) >= 11 is 0. The summed E-state index contributed by atoms with van der Waals surface area (Å²) in [5.41, 5.74) is 2.42. The van der Waals surface area contributed by atoms with E-state index >= 15 is 0 Å². The van der Waals surface area contributed by atoms with Crippen LogP contribution in [0.2, 0.25) is 0 Å². The van der Waals surface area contributed by atoms with Gasteiger partial charge in [-0.25, -0.2) is 4.79 Å². The van der Waals surface area contributed by atoms with Crippen LogP contribution in [0.5, 0.6) is 0 Å². The summed E-state index contributed by atoms with van der Waals surface area (Å²) in [6.45, 7) is 3.15. The van der Waals surface area contributed by atoms with Gasteiger partial charge in [-0.1, -0.05) is 12.1 Å². The summed E-state index contributed by atoms with van der Waals surface area (Å²) in [4.78, 5) is 34.2. The van der Waals surface area contributed by atoms with E-state index in [-0.39, 0.29) is 13.0 Å². The number of benzene rings is 1. The Balaban J connectivity index is 1.87. The lowest BCUT2D eigenvalue weighted by Gasteiger charge is -2.05. The first-order valence-corrected chi connectivity index (χ1v) is 7.08. The Morgan fingerprint density at radius 1 is 1.22 bits per heavy atom. The molecule has 2 aromatic rings. The highest BCUT2D eigenvalue weighted by Crippen LogP contribution is 2.22. The van der Waals surface area contributed by atoms with E-state index in [1.807, 2.05) is 30.4 Å². The fourth-order valence-electron chi connectivity index (χ4n) is 2.00. The first-order chi connectivity index (χ1) is 11.0. The minimum absolute atomic E-state index is 0.0251. The first kappa shape index (κ1) is 16.5. The van der Waals surface area contributed by atoms with E-state index in [1.165, 1.54) is 6.26 Å². The molecule has 0 aliphatic rings. The Labute approximate surface area is 132 Å². The number of furan rings is 1. The topological polar surface area (TPSA) is 94.8 Å². The van der Waals surface area contributed by atoms with Gasteiger partial charge in [-0.05, 0) is 25.5 Å². The van der Waals surface area contributed by atoms with Gasteiger partial charge in [0.05, 0.1) is 19.3 Å². The molecule has 1 aromatic carbocycles. The Kier molecular flexibility index (Phi) is 5.35. The van der Waals surface area contributed by atoms with Crippen molar-refractivity contribution in [2.75, 3.05) is 13.2 Å². The molecule has 0 fully saturated rings. The van der Waals surface area contributed by atoms with Crippen molar-refractivity contribution in [3.05, 3.63) is 35.6 Å². The zero-order chi connectivity index (χ0) is 16.8. The van der Waals surface area contributed by atoms with Gasteiger partial charge in [0.1, 0.15) is 5.58 Å². The summed E-state index contributed by atoms with van der Waals surface area (Å²) < 4.78 is 14.8. The van der Waals surface area contributed by atoms with E-state index in [4.69, 9.17) is 9.15 Å². The molecule has 2 amide bonds. The first-order valence-electron chi connectivity index (χ1n) is 7.08. The Morgan fingerprint density at radius 3 is 2.74 bits per heavy atom. The molecule has 7 nitrogen and oxygen atoms in total. The van der Waals surface area contributed by atoms with Crippen molar-refractivity contribution in [2.24, 2.45) is 0 Å². The monoisotopic (exact) mass is 319 g/mol. The van der Waals surface area contributed by atoms with Crippen LogP contribution in [-0.4, -0.2) is 31.2 Å². The van der Waals surface area contributed by atoms with E-state index in [9.17, 15) is 14.4 Å². The van der Waals surface area contributed by atoms with Crippen LogP contribution in [0.4, 0.5) is 4.79 Å². The zero-order valence-corrected chi connectivity index (χ0v) is 12.9. The average Bonchev–Trinajstić information content (AvgIpc) is 2.87. The summed E-state index contributed by atoms with van der Waals surface area (Å²) in [7, 11) is 0. The van der Waals surface area contributed by atoms with Crippen LogP contribution in [0.15, 0.2) is 28.9 Å². The maximum Gasteiger partial charge on any atom is 0.413 e. The number of aryl methyl sites for hydroxylation is 1. The second kappa shape index (κ2) is 7.44. The highest BCUT2D eigenvalue weighted by Gasteiger charge is 2.14. The maximum atomic E-state index is 11.8. The fourth-order valence-corrected chi connectivity index (χ4v) is 2.00. The molecule has 23 heavy (non-hydrogen) atoms. The molecule has 0 aliphatic heterocycles. The number of hydrogen-bond acceptors (Lipinski definition) is 6. The van der Waals surface area contributed by atoms with Gasteiger partial charge < -0.3 is 13.9 Å². The molecule has 0 radical (unpaired) electrons. The van der Waals surface area contributed by atoms with Crippen molar-refractivity contribution >= 4 is 28.9 Å². The van der Waals surface area contributed by atoms with Gasteiger partial charge in [0, 0.05) is 10.9 Å². The van der Waals surface area contributed by atoms with Gasteiger partial charge in [0.25, 0.3) is 5.91 Å². The van der Waals surface area contributed by atoms with Gasteiger partial charge >= 0.3 is 12.1 Å². The molecule has 7 heteroatoms. The molecule has 1 heterocycles. The van der Waals surface area contributed by atoms with Gasteiger partial charge in [-0.2, -0.15) is 0 Å². The van der Waals surface area contributed by atoms with E-state index in [1.54, 1.807) is 6.92 Å². The van der Waals surface area contributed by atoms with Crippen LogP contribution in [0.1, 0.15) is 18.1 Å². The summed E-state index contributed by atoms with van der Waals surface area (Å²) in [5.74, 6) is -1.34. The quantitative estimate of drug-likeness (QED) is 0.848.